The van der Waals surface area contributed by atoms with Gasteiger partial charge in [0.1, 0.15) is 12.4 Å². The molecule has 0 atom stereocenters. The van der Waals surface area contributed by atoms with E-state index >= 15 is 0 Å². The van der Waals surface area contributed by atoms with Gasteiger partial charge < -0.3 is 10.1 Å². The van der Waals surface area contributed by atoms with E-state index in [0.717, 1.165) is 22.6 Å². The second-order valence-electron chi connectivity index (χ2n) is 5.36. The van der Waals surface area contributed by atoms with Gasteiger partial charge in [-0.05, 0) is 29.8 Å². The molecule has 4 heteroatoms. The highest BCUT2D eigenvalue weighted by molar-refractivity contribution is 6.35. The summed E-state index contributed by atoms with van der Waals surface area (Å²) < 4.78 is 5.97. The number of para-hydroxylation sites is 1. The van der Waals surface area contributed by atoms with Crippen molar-refractivity contribution < 1.29 is 4.74 Å². The molecule has 0 aromatic heterocycles. The molecule has 0 fully saturated rings. The third kappa shape index (κ3) is 4.44. The van der Waals surface area contributed by atoms with Gasteiger partial charge in [-0.15, -0.1) is 0 Å². The predicted molar refractivity (Wildman–Crippen MR) is 101 cm³/mol. The number of benzene rings is 3. The molecule has 24 heavy (non-hydrogen) atoms. The third-order valence-corrected chi connectivity index (χ3v) is 4.17. The van der Waals surface area contributed by atoms with Crippen molar-refractivity contribution in [3.05, 3.63) is 94.0 Å². The Labute approximate surface area is 152 Å². The summed E-state index contributed by atoms with van der Waals surface area (Å²) in [6, 6.07) is 23.4. The van der Waals surface area contributed by atoms with Gasteiger partial charge in [-0.3, -0.25) is 0 Å². The topological polar surface area (TPSA) is 21.3 Å². The minimum Gasteiger partial charge on any atom is -0.489 e. The van der Waals surface area contributed by atoms with Crippen LogP contribution in [0.4, 0.5) is 5.69 Å². The van der Waals surface area contributed by atoms with Gasteiger partial charge in [0, 0.05) is 17.1 Å². The van der Waals surface area contributed by atoms with E-state index in [9.17, 15) is 0 Å². The number of halogens is 2. The fraction of sp³-hybridized carbons (Fsp3) is 0.100. The first-order valence-corrected chi connectivity index (χ1v) is 8.41. The SMILES string of the molecule is Clc1ccc(Cl)c(NCc2ccccc2OCc2ccccc2)c1. The zero-order chi connectivity index (χ0) is 16.8. The van der Waals surface area contributed by atoms with E-state index in [-0.39, 0.29) is 0 Å². The van der Waals surface area contributed by atoms with Crippen molar-refractivity contribution in [1.29, 1.82) is 0 Å². The Hall–Kier alpha value is -2.16. The zero-order valence-electron chi connectivity index (χ0n) is 13.0. The van der Waals surface area contributed by atoms with Gasteiger partial charge in [-0.1, -0.05) is 71.7 Å². The molecule has 0 aliphatic rings. The number of ether oxygens (including phenoxy) is 1. The lowest BCUT2D eigenvalue weighted by Gasteiger charge is -2.14. The van der Waals surface area contributed by atoms with Gasteiger partial charge in [0.25, 0.3) is 0 Å². The van der Waals surface area contributed by atoms with Gasteiger partial charge in [0.15, 0.2) is 0 Å². The molecule has 3 rings (SSSR count). The molecule has 0 saturated heterocycles. The molecule has 0 amide bonds. The van der Waals surface area contributed by atoms with Crippen LogP contribution in [0, 0.1) is 0 Å². The molecule has 0 aliphatic carbocycles. The van der Waals surface area contributed by atoms with E-state index in [1.807, 2.05) is 60.7 Å². The number of nitrogens with one attached hydrogen (secondary N) is 1. The summed E-state index contributed by atoms with van der Waals surface area (Å²) in [6.45, 7) is 1.14. The summed E-state index contributed by atoms with van der Waals surface area (Å²) in [4.78, 5) is 0. The Kier molecular flexibility index (Phi) is 5.63. The second kappa shape index (κ2) is 8.09. The highest BCUT2D eigenvalue weighted by atomic mass is 35.5. The molecule has 0 bridgehead atoms. The normalized spacial score (nSPS) is 10.4. The van der Waals surface area contributed by atoms with Crippen LogP contribution in [0.25, 0.3) is 0 Å². The smallest absolute Gasteiger partial charge is 0.124 e. The molecule has 3 aromatic carbocycles. The fourth-order valence-corrected chi connectivity index (χ4v) is 2.71. The van der Waals surface area contributed by atoms with Gasteiger partial charge in [-0.2, -0.15) is 0 Å². The number of anilines is 1. The van der Waals surface area contributed by atoms with Crippen molar-refractivity contribution in [2.24, 2.45) is 0 Å². The van der Waals surface area contributed by atoms with E-state index < -0.39 is 0 Å². The summed E-state index contributed by atoms with van der Waals surface area (Å²) in [6.07, 6.45) is 0. The Morgan fingerprint density at radius 1 is 0.833 bits per heavy atom. The first-order valence-electron chi connectivity index (χ1n) is 7.66. The third-order valence-electron chi connectivity index (χ3n) is 3.61. The van der Waals surface area contributed by atoms with Crippen LogP contribution >= 0.6 is 23.2 Å². The van der Waals surface area contributed by atoms with Crippen molar-refractivity contribution in [3.63, 3.8) is 0 Å². The molecular weight excluding hydrogens is 341 g/mol. The first kappa shape index (κ1) is 16.7. The van der Waals surface area contributed by atoms with E-state index in [1.54, 1.807) is 12.1 Å². The van der Waals surface area contributed by atoms with Crippen molar-refractivity contribution in [3.8, 4) is 5.75 Å². The predicted octanol–water partition coefficient (Wildman–Crippen LogP) is 6.18. The summed E-state index contributed by atoms with van der Waals surface area (Å²) in [5.41, 5.74) is 3.00. The maximum Gasteiger partial charge on any atom is 0.124 e. The van der Waals surface area contributed by atoms with Gasteiger partial charge in [0.05, 0.1) is 10.7 Å². The lowest BCUT2D eigenvalue weighted by atomic mass is 10.2. The highest BCUT2D eigenvalue weighted by Gasteiger charge is 2.06. The van der Waals surface area contributed by atoms with Crippen molar-refractivity contribution >= 4 is 28.9 Å². The average Bonchev–Trinajstić information content (AvgIpc) is 2.62. The minimum absolute atomic E-state index is 0.537. The maximum atomic E-state index is 6.19. The van der Waals surface area contributed by atoms with Gasteiger partial charge in [0.2, 0.25) is 0 Å². The Balaban J connectivity index is 1.69. The lowest BCUT2D eigenvalue weighted by molar-refractivity contribution is 0.303. The van der Waals surface area contributed by atoms with Gasteiger partial charge >= 0.3 is 0 Å². The molecule has 0 unspecified atom stereocenters. The van der Waals surface area contributed by atoms with Gasteiger partial charge in [-0.25, -0.2) is 0 Å². The molecule has 1 N–H and O–H groups in total. The molecule has 3 aromatic rings. The van der Waals surface area contributed by atoms with Crippen LogP contribution in [0.2, 0.25) is 10.0 Å². The quantitative estimate of drug-likeness (QED) is 0.568. The summed E-state index contributed by atoms with van der Waals surface area (Å²) >= 11 is 12.2. The van der Waals surface area contributed by atoms with E-state index in [0.29, 0.717) is 23.2 Å². The van der Waals surface area contributed by atoms with Crippen LogP contribution in [0.1, 0.15) is 11.1 Å². The Bertz CT molecular complexity index is 806. The lowest BCUT2D eigenvalue weighted by Crippen LogP contribution is -2.04. The van der Waals surface area contributed by atoms with Crippen molar-refractivity contribution in [1.82, 2.24) is 0 Å². The van der Waals surface area contributed by atoms with Crippen LogP contribution in [0.3, 0.4) is 0 Å². The van der Waals surface area contributed by atoms with Crippen LogP contribution in [0.15, 0.2) is 72.8 Å². The molecule has 2 nitrogen and oxygen atoms in total. The molecular formula is C20H17Cl2NO. The molecule has 0 radical (unpaired) electrons. The summed E-state index contributed by atoms with van der Waals surface area (Å²) in [5.74, 6) is 0.854. The molecule has 0 spiro atoms. The Morgan fingerprint density at radius 2 is 1.58 bits per heavy atom. The average molecular weight is 358 g/mol. The van der Waals surface area contributed by atoms with E-state index in [1.165, 1.54) is 0 Å². The van der Waals surface area contributed by atoms with E-state index in [4.69, 9.17) is 27.9 Å². The van der Waals surface area contributed by atoms with Crippen molar-refractivity contribution in [2.45, 2.75) is 13.2 Å². The van der Waals surface area contributed by atoms with Crippen LogP contribution in [-0.2, 0) is 13.2 Å². The standard InChI is InChI=1S/C20H17Cl2NO/c21-17-10-11-18(22)19(12-17)23-13-16-8-4-5-9-20(16)24-14-15-6-2-1-3-7-15/h1-12,23H,13-14H2. The first-order chi connectivity index (χ1) is 11.7. The maximum absolute atomic E-state index is 6.19. The highest BCUT2D eigenvalue weighted by Crippen LogP contribution is 2.27. The summed E-state index contributed by atoms with van der Waals surface area (Å²) in [7, 11) is 0. The molecule has 0 aliphatic heterocycles. The number of hydrogen-bond acceptors (Lipinski definition) is 2. The van der Waals surface area contributed by atoms with E-state index in [2.05, 4.69) is 5.32 Å². The monoisotopic (exact) mass is 357 g/mol. The van der Waals surface area contributed by atoms with Crippen LogP contribution < -0.4 is 10.1 Å². The Morgan fingerprint density at radius 3 is 2.42 bits per heavy atom. The van der Waals surface area contributed by atoms with Crippen molar-refractivity contribution in [2.75, 3.05) is 5.32 Å². The molecule has 0 heterocycles. The minimum atomic E-state index is 0.537. The molecule has 122 valence electrons. The van der Waals surface area contributed by atoms with Crippen LogP contribution in [0.5, 0.6) is 5.75 Å². The number of hydrogen-bond donors (Lipinski definition) is 1. The molecule has 0 saturated carbocycles. The second-order valence-corrected chi connectivity index (χ2v) is 6.20. The zero-order valence-corrected chi connectivity index (χ0v) is 14.5. The summed E-state index contributed by atoms with van der Waals surface area (Å²) in [5, 5.41) is 4.60. The number of rotatable bonds is 6. The van der Waals surface area contributed by atoms with Crippen LogP contribution in [-0.4, -0.2) is 0 Å². The fourth-order valence-electron chi connectivity index (χ4n) is 2.35. The largest absolute Gasteiger partial charge is 0.489 e.